The van der Waals surface area contributed by atoms with Crippen LogP contribution in [0, 0.1) is 6.92 Å². The Balaban J connectivity index is 1.50. The van der Waals surface area contributed by atoms with E-state index in [4.69, 9.17) is 9.47 Å². The molecule has 31 heavy (non-hydrogen) atoms. The van der Waals surface area contributed by atoms with Crippen molar-refractivity contribution in [2.24, 2.45) is 0 Å². The number of carbonyl (C=O) groups is 2. The van der Waals surface area contributed by atoms with E-state index in [0.29, 0.717) is 17.2 Å². The van der Waals surface area contributed by atoms with Gasteiger partial charge in [-0.1, -0.05) is 17.7 Å². The number of ether oxygens (including phenoxy) is 2. The molecule has 1 N–H and O–H groups in total. The zero-order valence-electron chi connectivity index (χ0n) is 17.0. The summed E-state index contributed by atoms with van der Waals surface area (Å²) in [6.07, 6.45) is 1.08. The van der Waals surface area contributed by atoms with E-state index < -0.39 is 28.3 Å². The molecular formula is C23H21NO6S. The summed E-state index contributed by atoms with van der Waals surface area (Å²) in [6, 6.07) is 19.7. The maximum atomic E-state index is 12.0. The van der Waals surface area contributed by atoms with Crippen LogP contribution in [0.15, 0.2) is 77.7 Å². The van der Waals surface area contributed by atoms with Crippen LogP contribution in [0.5, 0.6) is 11.5 Å². The summed E-state index contributed by atoms with van der Waals surface area (Å²) in [7, 11) is -3.35. The number of amides is 1. The number of nitrogens with one attached hydrogen (secondary N) is 1. The van der Waals surface area contributed by atoms with Gasteiger partial charge in [-0.3, -0.25) is 4.79 Å². The van der Waals surface area contributed by atoms with Gasteiger partial charge in [0, 0.05) is 11.9 Å². The highest BCUT2D eigenvalue weighted by atomic mass is 32.2. The van der Waals surface area contributed by atoms with Gasteiger partial charge in [0.1, 0.15) is 11.5 Å². The Labute approximate surface area is 180 Å². The van der Waals surface area contributed by atoms with E-state index in [1.807, 2.05) is 31.2 Å². The number of hydrogen-bond donors (Lipinski definition) is 1. The van der Waals surface area contributed by atoms with Crippen molar-refractivity contribution < 1.29 is 27.5 Å². The predicted molar refractivity (Wildman–Crippen MR) is 116 cm³/mol. The lowest BCUT2D eigenvalue weighted by Crippen LogP contribution is -2.20. The minimum atomic E-state index is -3.35. The fraction of sp³-hybridized carbons (Fsp3) is 0.130. The summed E-state index contributed by atoms with van der Waals surface area (Å²) >= 11 is 0. The van der Waals surface area contributed by atoms with Gasteiger partial charge in [-0.2, -0.15) is 0 Å². The van der Waals surface area contributed by atoms with Crippen molar-refractivity contribution in [1.82, 2.24) is 0 Å². The van der Waals surface area contributed by atoms with Crippen molar-refractivity contribution in [2.75, 3.05) is 18.2 Å². The number of hydrogen-bond acceptors (Lipinski definition) is 6. The van der Waals surface area contributed by atoms with Crippen LogP contribution in [0.3, 0.4) is 0 Å². The average molecular weight is 439 g/mol. The van der Waals surface area contributed by atoms with Gasteiger partial charge in [0.25, 0.3) is 5.91 Å². The monoisotopic (exact) mass is 439 g/mol. The molecule has 3 rings (SSSR count). The number of benzene rings is 3. The van der Waals surface area contributed by atoms with Gasteiger partial charge in [0.2, 0.25) is 0 Å². The van der Waals surface area contributed by atoms with E-state index in [9.17, 15) is 18.0 Å². The first-order chi connectivity index (χ1) is 14.7. The molecule has 3 aromatic rings. The maximum absolute atomic E-state index is 12.0. The van der Waals surface area contributed by atoms with Crippen LogP contribution in [-0.2, 0) is 19.4 Å². The molecule has 0 radical (unpaired) electrons. The third-order valence-corrected chi connectivity index (χ3v) is 5.38. The van der Waals surface area contributed by atoms with Crippen molar-refractivity contribution >= 4 is 27.4 Å². The van der Waals surface area contributed by atoms with E-state index in [0.717, 1.165) is 11.8 Å². The summed E-state index contributed by atoms with van der Waals surface area (Å²) in [4.78, 5) is 24.2. The second kappa shape index (κ2) is 9.44. The Kier molecular flexibility index (Phi) is 6.71. The lowest BCUT2D eigenvalue weighted by atomic mass is 10.2. The molecule has 0 aliphatic rings. The van der Waals surface area contributed by atoms with Gasteiger partial charge in [-0.15, -0.1) is 0 Å². The number of sulfone groups is 1. The molecule has 8 heteroatoms. The summed E-state index contributed by atoms with van der Waals surface area (Å²) in [5.41, 5.74) is 1.81. The topological polar surface area (TPSA) is 98.8 Å². The highest BCUT2D eigenvalue weighted by Crippen LogP contribution is 2.23. The fourth-order valence-corrected chi connectivity index (χ4v) is 3.23. The fourth-order valence-electron chi connectivity index (χ4n) is 2.60. The standard InChI is InChI=1S/C23H21NO6S/c1-16-3-9-19(10-4-16)30-20-11-7-18(8-12-20)24-22(25)15-29-23(26)17-5-13-21(14-6-17)31(2,27)28/h3-14H,15H2,1-2H3,(H,24,25). The van der Waals surface area contributed by atoms with Gasteiger partial charge >= 0.3 is 5.97 Å². The minimum absolute atomic E-state index is 0.0941. The third-order valence-electron chi connectivity index (χ3n) is 4.25. The van der Waals surface area contributed by atoms with Crippen LogP contribution in [0.1, 0.15) is 15.9 Å². The van der Waals surface area contributed by atoms with Crippen molar-refractivity contribution in [3.05, 3.63) is 83.9 Å². The van der Waals surface area contributed by atoms with Gasteiger partial charge in [-0.25, -0.2) is 13.2 Å². The van der Waals surface area contributed by atoms with Gasteiger partial charge in [0.05, 0.1) is 10.5 Å². The molecule has 0 aliphatic carbocycles. The largest absolute Gasteiger partial charge is 0.457 e. The molecule has 0 fully saturated rings. The molecule has 0 bridgehead atoms. The van der Waals surface area contributed by atoms with Crippen LogP contribution in [0.4, 0.5) is 5.69 Å². The number of anilines is 1. The molecule has 0 aliphatic heterocycles. The van der Waals surface area contributed by atoms with E-state index in [2.05, 4.69) is 5.32 Å². The lowest BCUT2D eigenvalue weighted by molar-refractivity contribution is -0.119. The summed E-state index contributed by atoms with van der Waals surface area (Å²) < 4.78 is 33.6. The summed E-state index contributed by atoms with van der Waals surface area (Å²) in [6.45, 7) is 1.52. The van der Waals surface area contributed by atoms with Crippen molar-refractivity contribution in [1.29, 1.82) is 0 Å². The SMILES string of the molecule is Cc1ccc(Oc2ccc(NC(=O)COC(=O)c3ccc(S(C)(=O)=O)cc3)cc2)cc1. The molecule has 0 saturated carbocycles. The minimum Gasteiger partial charge on any atom is -0.457 e. The number of rotatable bonds is 7. The van der Waals surface area contributed by atoms with Crippen LogP contribution >= 0.6 is 0 Å². The first-order valence-electron chi connectivity index (χ1n) is 9.32. The van der Waals surface area contributed by atoms with Crippen LogP contribution in [0.25, 0.3) is 0 Å². The molecule has 0 unspecified atom stereocenters. The molecule has 160 valence electrons. The Morgan fingerprint density at radius 3 is 1.94 bits per heavy atom. The van der Waals surface area contributed by atoms with Crippen LogP contribution in [0.2, 0.25) is 0 Å². The Hall–Kier alpha value is -3.65. The third kappa shape index (κ3) is 6.42. The Bertz CT molecular complexity index is 1170. The maximum Gasteiger partial charge on any atom is 0.338 e. The zero-order valence-corrected chi connectivity index (χ0v) is 17.8. The second-order valence-corrected chi connectivity index (χ2v) is 8.88. The predicted octanol–water partition coefficient (Wildman–Crippen LogP) is 3.99. The highest BCUT2D eigenvalue weighted by Gasteiger charge is 2.13. The van der Waals surface area contributed by atoms with Crippen LogP contribution in [-0.4, -0.2) is 33.2 Å². The normalized spacial score (nSPS) is 10.9. The smallest absolute Gasteiger partial charge is 0.338 e. The first-order valence-corrected chi connectivity index (χ1v) is 11.2. The lowest BCUT2D eigenvalue weighted by Gasteiger charge is -2.09. The first kappa shape index (κ1) is 22.0. The summed E-state index contributed by atoms with van der Waals surface area (Å²) in [5.74, 6) is 0.0926. The molecular weight excluding hydrogens is 418 g/mol. The quantitative estimate of drug-likeness (QED) is 0.559. The van der Waals surface area contributed by atoms with Gasteiger partial charge < -0.3 is 14.8 Å². The molecule has 0 atom stereocenters. The summed E-state index contributed by atoms with van der Waals surface area (Å²) in [5, 5.41) is 2.63. The molecule has 1 amide bonds. The van der Waals surface area contributed by atoms with Gasteiger partial charge in [-0.05, 0) is 67.6 Å². The van der Waals surface area contributed by atoms with E-state index >= 15 is 0 Å². The Morgan fingerprint density at radius 2 is 1.39 bits per heavy atom. The Morgan fingerprint density at radius 1 is 0.839 bits per heavy atom. The van der Waals surface area contributed by atoms with Crippen molar-refractivity contribution in [3.8, 4) is 11.5 Å². The second-order valence-electron chi connectivity index (χ2n) is 6.86. The molecule has 3 aromatic carbocycles. The zero-order chi connectivity index (χ0) is 22.4. The number of aryl methyl sites for hydroxylation is 1. The average Bonchev–Trinajstić information content (AvgIpc) is 2.74. The highest BCUT2D eigenvalue weighted by molar-refractivity contribution is 7.90. The van der Waals surface area contributed by atoms with Gasteiger partial charge in [0.15, 0.2) is 16.4 Å². The molecule has 0 saturated heterocycles. The van der Waals surface area contributed by atoms with Crippen molar-refractivity contribution in [3.63, 3.8) is 0 Å². The van der Waals surface area contributed by atoms with E-state index in [1.54, 1.807) is 24.3 Å². The molecule has 7 nitrogen and oxygen atoms in total. The molecule has 0 spiro atoms. The molecule has 0 heterocycles. The number of carbonyl (C=O) groups excluding carboxylic acids is 2. The van der Waals surface area contributed by atoms with E-state index in [-0.39, 0.29) is 10.5 Å². The van der Waals surface area contributed by atoms with Crippen LogP contribution < -0.4 is 10.1 Å². The van der Waals surface area contributed by atoms with Crippen molar-refractivity contribution in [2.45, 2.75) is 11.8 Å². The molecule has 0 aromatic heterocycles. The van der Waals surface area contributed by atoms with E-state index in [1.165, 1.54) is 24.3 Å². The number of esters is 1.